The fourth-order valence-corrected chi connectivity index (χ4v) is 8.11. The van der Waals surface area contributed by atoms with Crippen LogP contribution < -0.4 is 26.6 Å². The fourth-order valence-electron chi connectivity index (χ4n) is 8.11. The van der Waals surface area contributed by atoms with Crippen molar-refractivity contribution in [2.75, 3.05) is 91.3 Å². The first kappa shape index (κ1) is 52.3. The largest absolute Gasteiger partial charge is 0.448 e. The number of hydrogen-bond donors (Lipinski definition) is 6. The zero-order valence-electron chi connectivity index (χ0n) is 40.7. The molecule has 2 heterocycles. The molecular weight excluding hydrogens is 906 g/mol. The molecule has 0 bridgehead atoms. The number of methoxy groups -OCH3 is 1. The zero-order valence-corrected chi connectivity index (χ0v) is 40.7. The monoisotopic (exact) mass is 967 g/mol. The van der Waals surface area contributed by atoms with Gasteiger partial charge in [-0.25, -0.2) is 14.0 Å². The van der Waals surface area contributed by atoms with Gasteiger partial charge in [0.1, 0.15) is 18.0 Å². The number of hydrogen-bond acceptors (Lipinski definition) is 11. The number of H-pyrrole nitrogens is 1. The van der Waals surface area contributed by atoms with Crippen molar-refractivity contribution in [3.05, 3.63) is 111 Å². The Balaban J connectivity index is 1.10. The van der Waals surface area contributed by atoms with E-state index >= 15 is 0 Å². The molecule has 1 aromatic heterocycles. The molecule has 0 saturated heterocycles. The van der Waals surface area contributed by atoms with Crippen LogP contribution >= 0.6 is 0 Å². The minimum absolute atomic E-state index is 0.0872. The van der Waals surface area contributed by atoms with Crippen LogP contribution in [0.15, 0.2) is 54.6 Å². The Morgan fingerprint density at radius 1 is 0.757 bits per heavy atom. The number of aromatic nitrogens is 1. The molecule has 0 fully saturated rings. The number of aromatic amines is 1. The molecule has 70 heavy (non-hydrogen) atoms. The molecule has 6 amide bonds. The molecule has 19 heteroatoms. The first-order chi connectivity index (χ1) is 33.5. The van der Waals surface area contributed by atoms with Crippen molar-refractivity contribution in [1.82, 2.24) is 31.2 Å². The molecule has 18 nitrogen and oxygen atoms in total. The quantitative estimate of drug-likeness (QED) is 0.0400. The summed E-state index contributed by atoms with van der Waals surface area (Å²) in [4.78, 5) is 83.5. The highest BCUT2D eigenvalue weighted by Gasteiger charge is 2.33. The summed E-state index contributed by atoms with van der Waals surface area (Å²) in [6, 6.07) is 14.6. The molecule has 0 saturated carbocycles. The second kappa shape index (κ2) is 24.0. The molecule has 2 aliphatic rings. The maximum atomic E-state index is 14.1. The van der Waals surface area contributed by atoms with Gasteiger partial charge in [0.05, 0.1) is 44.2 Å². The molecule has 0 spiro atoms. The Hall–Kier alpha value is -7.09. The highest BCUT2D eigenvalue weighted by Crippen LogP contribution is 2.46. The second-order valence-electron chi connectivity index (χ2n) is 17.6. The van der Waals surface area contributed by atoms with E-state index in [4.69, 9.17) is 23.7 Å². The lowest BCUT2D eigenvalue weighted by molar-refractivity contribution is -0.110. The van der Waals surface area contributed by atoms with Crippen LogP contribution in [0.5, 0.6) is 0 Å². The van der Waals surface area contributed by atoms with Crippen molar-refractivity contribution in [2.45, 2.75) is 53.1 Å². The number of alkyl carbamates (subject to hydrolysis) is 1. The normalized spacial score (nSPS) is 14.0. The molecular formula is C51H62FN7O11. The molecule has 1 atom stereocenters. The number of amides is 6. The minimum Gasteiger partial charge on any atom is -0.448 e. The average molecular weight is 968 g/mol. The van der Waals surface area contributed by atoms with E-state index in [1.165, 1.54) is 23.1 Å². The van der Waals surface area contributed by atoms with Crippen LogP contribution in [0.1, 0.15) is 98.3 Å². The minimum atomic E-state index is -0.669. The molecule has 1 aliphatic carbocycles. The number of benzene rings is 3. The van der Waals surface area contributed by atoms with Crippen molar-refractivity contribution in [3.63, 3.8) is 0 Å². The van der Waals surface area contributed by atoms with Crippen molar-refractivity contribution >= 4 is 53.2 Å². The number of nitrogens with zero attached hydrogens (tertiary/aromatic N) is 1. The summed E-state index contributed by atoms with van der Waals surface area (Å²) < 4.78 is 41.2. The molecule has 4 aromatic rings. The standard InChI is InChI=1S/C51H62FN7O11/c1-8-59(19-17-54-48(63)44-30(2)43(57-31(44)3)28-40-39-27-34(52)11-14-42(39)58-47(40)62)50(65)69-29-41-37-25-32(45(60)53-15-16-56-49(64)70-51(4,5)6)9-12-35(37)36-13-10-33(26-38(36)41)46(61)55-18-20-67-23-24-68-22-21-66-7/h9-14,25-28,41,57H,8,15-24,29H2,1-7H3,(H,53,60)(H,54,63)(H,55,61)(H,56,64)(H,58,62). The van der Waals surface area contributed by atoms with E-state index in [0.29, 0.717) is 76.9 Å². The molecule has 1 unspecified atom stereocenters. The topological polar surface area (TPSA) is 228 Å². The van der Waals surface area contributed by atoms with Gasteiger partial charge in [-0.2, -0.15) is 0 Å². The number of ether oxygens (including phenoxy) is 5. The highest BCUT2D eigenvalue weighted by molar-refractivity contribution is 6.35. The van der Waals surface area contributed by atoms with Gasteiger partial charge in [-0.05, 0) is 118 Å². The SMILES string of the molecule is CCN(CCNC(=O)c1c(C)[nH]c(C=C2C(=O)Nc3ccc(F)cc32)c1C)C(=O)OCC1c2cc(C(=O)NCCNC(=O)OC(C)(C)C)ccc2-c2ccc(C(=O)NCCOCCOCCOC)cc21. The van der Waals surface area contributed by atoms with Crippen LogP contribution in [0, 0.1) is 19.7 Å². The number of halogens is 1. The van der Waals surface area contributed by atoms with Crippen LogP contribution in [0.3, 0.4) is 0 Å². The number of anilines is 1. The van der Waals surface area contributed by atoms with Gasteiger partial charge in [0.15, 0.2) is 0 Å². The molecule has 0 radical (unpaired) electrons. The van der Waals surface area contributed by atoms with Crippen molar-refractivity contribution in [2.24, 2.45) is 0 Å². The predicted octanol–water partition coefficient (Wildman–Crippen LogP) is 5.93. The van der Waals surface area contributed by atoms with Gasteiger partial charge < -0.3 is 60.2 Å². The fraction of sp³-hybridized carbons (Fsp3) is 0.412. The van der Waals surface area contributed by atoms with E-state index in [-0.39, 0.29) is 75.8 Å². The lowest BCUT2D eigenvalue weighted by Crippen LogP contribution is -2.39. The summed E-state index contributed by atoms with van der Waals surface area (Å²) in [5, 5.41) is 13.9. The van der Waals surface area contributed by atoms with Crippen LogP contribution in [-0.4, -0.2) is 137 Å². The predicted molar refractivity (Wildman–Crippen MR) is 260 cm³/mol. The first-order valence-corrected chi connectivity index (χ1v) is 23.2. The first-order valence-electron chi connectivity index (χ1n) is 23.2. The van der Waals surface area contributed by atoms with Gasteiger partial charge in [-0.15, -0.1) is 0 Å². The molecule has 6 rings (SSSR count). The summed E-state index contributed by atoms with van der Waals surface area (Å²) in [6.07, 6.45) is 0.361. The van der Waals surface area contributed by atoms with E-state index in [2.05, 4.69) is 31.6 Å². The summed E-state index contributed by atoms with van der Waals surface area (Å²) in [6.45, 7) is 13.4. The molecule has 374 valence electrons. The second-order valence-corrected chi connectivity index (χ2v) is 17.6. The average Bonchev–Trinajstić information content (AvgIpc) is 3.91. The van der Waals surface area contributed by atoms with Crippen molar-refractivity contribution < 1.29 is 56.8 Å². The van der Waals surface area contributed by atoms with Gasteiger partial charge >= 0.3 is 12.2 Å². The lowest BCUT2D eigenvalue weighted by Gasteiger charge is -2.22. The Labute approximate surface area is 406 Å². The lowest BCUT2D eigenvalue weighted by atomic mass is 9.95. The van der Waals surface area contributed by atoms with Crippen LogP contribution in [-0.2, 0) is 28.5 Å². The van der Waals surface area contributed by atoms with Crippen molar-refractivity contribution in [3.8, 4) is 11.1 Å². The van der Waals surface area contributed by atoms with Gasteiger partial charge in [-0.3, -0.25) is 19.2 Å². The number of carbonyl (C=O) groups excluding carboxylic acids is 6. The number of aryl methyl sites for hydroxylation is 1. The smallest absolute Gasteiger partial charge is 0.409 e. The van der Waals surface area contributed by atoms with E-state index in [9.17, 15) is 33.2 Å². The summed E-state index contributed by atoms with van der Waals surface area (Å²) >= 11 is 0. The zero-order chi connectivity index (χ0) is 50.5. The van der Waals surface area contributed by atoms with Crippen LogP contribution in [0.4, 0.5) is 19.7 Å². The third-order valence-corrected chi connectivity index (χ3v) is 11.5. The summed E-state index contributed by atoms with van der Waals surface area (Å²) in [5.41, 5.74) is 6.35. The van der Waals surface area contributed by atoms with E-state index in [0.717, 1.165) is 16.7 Å². The highest BCUT2D eigenvalue weighted by atomic mass is 19.1. The van der Waals surface area contributed by atoms with Crippen LogP contribution in [0.25, 0.3) is 22.8 Å². The van der Waals surface area contributed by atoms with Crippen LogP contribution in [0.2, 0.25) is 0 Å². The van der Waals surface area contributed by atoms with E-state index in [1.807, 2.05) is 12.1 Å². The van der Waals surface area contributed by atoms with Gasteiger partial charge in [0, 0.05) is 86.1 Å². The van der Waals surface area contributed by atoms with Crippen molar-refractivity contribution in [1.29, 1.82) is 0 Å². The van der Waals surface area contributed by atoms with Gasteiger partial charge in [0.2, 0.25) is 0 Å². The number of likely N-dealkylation sites (N-methyl/N-ethyl adjacent to an activating group) is 1. The van der Waals surface area contributed by atoms with E-state index < -0.39 is 35.4 Å². The Kier molecular flexibility index (Phi) is 17.9. The third kappa shape index (κ3) is 13.4. The third-order valence-electron chi connectivity index (χ3n) is 11.5. The Morgan fingerprint density at radius 3 is 2.01 bits per heavy atom. The Bertz CT molecular complexity index is 2620. The molecule has 6 N–H and O–H groups in total. The summed E-state index contributed by atoms with van der Waals surface area (Å²) in [5.74, 6) is -2.53. The number of carbonyl (C=O) groups is 6. The number of nitrogens with one attached hydrogen (secondary N) is 6. The maximum absolute atomic E-state index is 14.1. The number of fused-ring (bicyclic) bond motifs is 4. The van der Waals surface area contributed by atoms with E-state index in [1.54, 1.807) is 79.0 Å². The Morgan fingerprint density at radius 2 is 1.37 bits per heavy atom. The molecule has 3 aromatic carbocycles. The summed E-state index contributed by atoms with van der Waals surface area (Å²) in [7, 11) is 1.60. The molecule has 1 aliphatic heterocycles. The number of rotatable bonds is 22. The van der Waals surface area contributed by atoms with Gasteiger partial charge in [0.25, 0.3) is 23.6 Å². The maximum Gasteiger partial charge on any atom is 0.409 e. The van der Waals surface area contributed by atoms with Gasteiger partial charge in [-0.1, -0.05) is 12.1 Å².